The monoisotopic (exact) mass is 617 g/mol. The van der Waals surface area contributed by atoms with Gasteiger partial charge in [0, 0.05) is 36.1 Å². The van der Waals surface area contributed by atoms with Crippen molar-refractivity contribution in [3.8, 4) is 11.1 Å². The summed E-state index contributed by atoms with van der Waals surface area (Å²) in [6, 6.07) is 30.3. The zero-order valence-corrected chi connectivity index (χ0v) is 25.5. The van der Waals surface area contributed by atoms with Crippen LogP contribution in [0.15, 0.2) is 103 Å². The molecule has 1 atom stereocenters. The third-order valence-electron chi connectivity index (χ3n) is 8.33. The van der Waals surface area contributed by atoms with Crippen LogP contribution in [0.1, 0.15) is 47.3 Å². The number of hydrogen-bond acceptors (Lipinski definition) is 5. The molecule has 5 rings (SSSR count). The maximum Gasteiger partial charge on any atom is 0.416 e. The largest absolute Gasteiger partial charge is 0.416 e. The zero-order valence-electron chi connectivity index (χ0n) is 25.5. The highest BCUT2D eigenvalue weighted by Crippen LogP contribution is 2.33. The van der Waals surface area contributed by atoms with Crippen LogP contribution in [0.4, 0.5) is 24.5 Å². The lowest BCUT2D eigenvalue weighted by atomic mass is 9.98. The van der Waals surface area contributed by atoms with Crippen LogP contribution in [0.5, 0.6) is 0 Å². The molecular formula is C36H38F3N3O3. The highest BCUT2D eigenvalue weighted by atomic mass is 19.4. The predicted molar refractivity (Wildman–Crippen MR) is 171 cm³/mol. The quantitative estimate of drug-likeness (QED) is 0.104. The van der Waals surface area contributed by atoms with Crippen LogP contribution in [0.2, 0.25) is 0 Å². The lowest BCUT2D eigenvalue weighted by Crippen LogP contribution is -2.45. The minimum absolute atomic E-state index is 0.0848. The van der Waals surface area contributed by atoms with Crippen molar-refractivity contribution in [3.05, 3.63) is 120 Å². The first-order valence-electron chi connectivity index (χ1n) is 15.2. The number of carbonyl (C=O) groups excluding carboxylic acids is 1. The van der Waals surface area contributed by atoms with Gasteiger partial charge in [-0.15, -0.1) is 0 Å². The van der Waals surface area contributed by atoms with Crippen LogP contribution in [-0.2, 0) is 16.0 Å². The maximum absolute atomic E-state index is 13.2. The van der Waals surface area contributed by atoms with E-state index in [0.717, 1.165) is 43.8 Å². The van der Waals surface area contributed by atoms with E-state index in [2.05, 4.69) is 34.3 Å². The van der Waals surface area contributed by atoms with E-state index in [1.165, 1.54) is 17.7 Å². The Morgan fingerprint density at radius 1 is 0.889 bits per heavy atom. The summed E-state index contributed by atoms with van der Waals surface area (Å²) in [7, 11) is 2.15. The average Bonchev–Trinajstić information content (AvgIpc) is 3.07. The third kappa shape index (κ3) is 8.11. The first-order valence-corrected chi connectivity index (χ1v) is 15.2. The van der Waals surface area contributed by atoms with Crippen LogP contribution < -0.4 is 10.2 Å². The van der Waals surface area contributed by atoms with E-state index in [-0.39, 0.29) is 11.9 Å². The molecule has 1 heterocycles. The van der Waals surface area contributed by atoms with Crippen molar-refractivity contribution < 1.29 is 27.7 Å². The van der Waals surface area contributed by atoms with Gasteiger partial charge in [-0.1, -0.05) is 60.7 Å². The highest BCUT2D eigenvalue weighted by Gasteiger charge is 2.30. The van der Waals surface area contributed by atoms with Gasteiger partial charge in [-0.3, -0.25) is 9.69 Å². The van der Waals surface area contributed by atoms with Crippen LogP contribution in [0.3, 0.4) is 0 Å². The number of likely N-dealkylation sites (N-methyl/N-ethyl adjacent to an activating group) is 1. The van der Waals surface area contributed by atoms with Crippen molar-refractivity contribution in [1.29, 1.82) is 0 Å². The van der Waals surface area contributed by atoms with Gasteiger partial charge in [0.05, 0.1) is 18.2 Å². The molecule has 0 bridgehead atoms. The number of carbonyl (C=O) groups is 1. The van der Waals surface area contributed by atoms with Crippen LogP contribution in [0, 0.1) is 0 Å². The molecule has 45 heavy (non-hydrogen) atoms. The van der Waals surface area contributed by atoms with Gasteiger partial charge in [0.2, 0.25) is 0 Å². The summed E-state index contributed by atoms with van der Waals surface area (Å²) in [5, 5.41) is 2.94. The molecule has 1 aliphatic rings. The summed E-state index contributed by atoms with van der Waals surface area (Å²) in [5.41, 5.74) is 3.67. The summed E-state index contributed by atoms with van der Waals surface area (Å²) < 4.78 is 39.1. The molecule has 1 saturated heterocycles. The van der Waals surface area contributed by atoms with E-state index >= 15 is 0 Å². The number of alkyl halides is 3. The highest BCUT2D eigenvalue weighted by molar-refractivity contribution is 6.08. The third-order valence-corrected chi connectivity index (χ3v) is 8.33. The maximum atomic E-state index is 13.2. The molecule has 236 valence electrons. The number of amides is 1. The minimum Gasteiger partial charge on any atom is -0.371 e. The molecular weight excluding hydrogens is 579 g/mol. The average molecular weight is 618 g/mol. The normalized spacial score (nSPS) is 14.8. The molecule has 0 radical (unpaired) electrons. The topological polar surface area (TPSA) is 54.0 Å². The Bertz CT molecular complexity index is 1520. The Morgan fingerprint density at radius 3 is 2.18 bits per heavy atom. The molecule has 0 spiro atoms. The predicted octanol–water partition coefficient (Wildman–Crippen LogP) is 8.23. The molecule has 0 saturated carbocycles. The molecule has 1 fully saturated rings. The van der Waals surface area contributed by atoms with Gasteiger partial charge in [0.1, 0.15) is 6.61 Å². The number of hydrogen-bond donors (Lipinski definition) is 1. The van der Waals surface area contributed by atoms with Crippen molar-refractivity contribution in [1.82, 2.24) is 4.90 Å². The first kappa shape index (κ1) is 32.2. The first-order chi connectivity index (χ1) is 21.7. The van der Waals surface area contributed by atoms with E-state index in [1.54, 1.807) is 24.3 Å². The number of nitrogens with zero attached hydrogens (tertiary/aromatic N) is 2. The molecule has 4 aromatic rings. The smallest absolute Gasteiger partial charge is 0.371 e. The molecule has 1 aliphatic heterocycles. The molecule has 6 nitrogen and oxygen atoms in total. The summed E-state index contributed by atoms with van der Waals surface area (Å²) in [6.45, 7) is 4.66. The van der Waals surface area contributed by atoms with E-state index in [1.807, 2.05) is 49.4 Å². The molecule has 0 aromatic heterocycles. The second-order valence-electron chi connectivity index (χ2n) is 11.1. The fourth-order valence-corrected chi connectivity index (χ4v) is 5.83. The number of anilines is 2. The SMILES string of the molecule is CCOOCC(c1ccccc1)N(C)C1CCN(c2ccc(NC(=O)c3ccccc3-c3ccc(C(F)(F)F)cc3)cc2)CC1. The van der Waals surface area contributed by atoms with E-state index in [4.69, 9.17) is 9.78 Å². The van der Waals surface area contributed by atoms with E-state index < -0.39 is 11.7 Å². The van der Waals surface area contributed by atoms with Crippen molar-refractivity contribution in [2.45, 2.75) is 38.0 Å². The summed E-state index contributed by atoms with van der Waals surface area (Å²) in [6.07, 6.45) is -2.43. The number of rotatable bonds is 11. The van der Waals surface area contributed by atoms with Gasteiger partial charge in [-0.05, 0) is 86.0 Å². The molecule has 1 N–H and O–H groups in total. The molecule has 9 heteroatoms. The number of benzene rings is 4. The minimum atomic E-state index is -4.42. The number of nitrogens with one attached hydrogen (secondary N) is 1. The van der Waals surface area contributed by atoms with E-state index in [9.17, 15) is 18.0 Å². The Kier molecular flexibility index (Phi) is 10.5. The van der Waals surface area contributed by atoms with Crippen LogP contribution in [0.25, 0.3) is 11.1 Å². The van der Waals surface area contributed by atoms with Crippen molar-refractivity contribution >= 4 is 17.3 Å². The Hall–Kier alpha value is -4.18. The number of halogens is 3. The van der Waals surface area contributed by atoms with Crippen molar-refractivity contribution in [2.75, 3.05) is 43.6 Å². The second kappa shape index (κ2) is 14.7. The number of piperidine rings is 1. The molecule has 4 aromatic carbocycles. The van der Waals surface area contributed by atoms with Crippen molar-refractivity contribution in [2.24, 2.45) is 0 Å². The fourth-order valence-electron chi connectivity index (χ4n) is 5.83. The summed E-state index contributed by atoms with van der Waals surface area (Å²) in [5.74, 6) is -0.330. The van der Waals surface area contributed by atoms with Gasteiger partial charge in [0.25, 0.3) is 5.91 Å². The lowest BCUT2D eigenvalue weighted by Gasteiger charge is -2.41. The van der Waals surface area contributed by atoms with E-state index in [0.29, 0.717) is 41.6 Å². The fraction of sp³-hybridized carbons (Fsp3) is 0.306. The van der Waals surface area contributed by atoms with Gasteiger partial charge >= 0.3 is 6.18 Å². The second-order valence-corrected chi connectivity index (χ2v) is 11.1. The van der Waals surface area contributed by atoms with Gasteiger partial charge in [0.15, 0.2) is 0 Å². The summed E-state index contributed by atoms with van der Waals surface area (Å²) >= 11 is 0. The van der Waals surface area contributed by atoms with Gasteiger partial charge in [-0.2, -0.15) is 13.2 Å². The molecule has 1 amide bonds. The van der Waals surface area contributed by atoms with Gasteiger partial charge < -0.3 is 10.2 Å². The van der Waals surface area contributed by atoms with Crippen LogP contribution in [-0.4, -0.2) is 50.2 Å². The van der Waals surface area contributed by atoms with Crippen molar-refractivity contribution in [3.63, 3.8) is 0 Å². The zero-order chi connectivity index (χ0) is 31.8. The van der Waals surface area contributed by atoms with Gasteiger partial charge in [-0.25, -0.2) is 9.78 Å². The Balaban J connectivity index is 1.19. The Morgan fingerprint density at radius 2 is 1.53 bits per heavy atom. The Labute approximate surface area is 262 Å². The summed E-state index contributed by atoms with van der Waals surface area (Å²) in [4.78, 5) is 28.7. The lowest BCUT2D eigenvalue weighted by molar-refractivity contribution is -0.299. The molecule has 1 unspecified atom stereocenters. The standard InChI is InChI=1S/C36H38F3N3O3/c1-3-44-45-25-34(27-9-5-4-6-10-27)41(2)30-21-23-42(24-22-30)31-19-17-29(18-20-31)40-35(43)33-12-8-7-11-32(33)26-13-15-28(16-14-26)36(37,38)39/h4-20,30,34H,3,21-25H2,1-2H3,(H,40,43). The van der Waals surface area contributed by atoms with Crippen LogP contribution >= 0.6 is 0 Å². The molecule has 0 aliphatic carbocycles.